The summed E-state index contributed by atoms with van der Waals surface area (Å²) in [6, 6.07) is 9.09. The van der Waals surface area contributed by atoms with Gasteiger partial charge in [0.1, 0.15) is 4.88 Å². The number of hydrogen-bond acceptors (Lipinski definition) is 5. The summed E-state index contributed by atoms with van der Waals surface area (Å²) in [4.78, 5) is 18.2. The van der Waals surface area contributed by atoms with E-state index < -0.39 is 0 Å². The van der Waals surface area contributed by atoms with E-state index >= 15 is 0 Å². The van der Waals surface area contributed by atoms with Crippen LogP contribution in [0.2, 0.25) is 0 Å². The van der Waals surface area contributed by atoms with Gasteiger partial charge in [-0.25, -0.2) is 0 Å². The largest absolute Gasteiger partial charge is 0.337 e. The van der Waals surface area contributed by atoms with Gasteiger partial charge in [-0.2, -0.15) is 0 Å². The van der Waals surface area contributed by atoms with E-state index in [1.165, 1.54) is 35.5 Å². The van der Waals surface area contributed by atoms with Gasteiger partial charge in [0.25, 0.3) is 5.91 Å². The van der Waals surface area contributed by atoms with Crippen LogP contribution in [0, 0.1) is 12.3 Å². The number of benzene rings is 1. The van der Waals surface area contributed by atoms with Crippen LogP contribution in [0.1, 0.15) is 65.5 Å². The molecule has 2 aromatic rings. The quantitative estimate of drug-likeness (QED) is 0.778. The first-order valence-corrected chi connectivity index (χ1v) is 11.1. The Morgan fingerprint density at radius 3 is 2.64 bits per heavy atom. The van der Waals surface area contributed by atoms with E-state index in [0.29, 0.717) is 10.8 Å². The number of carbonyl (C=O) groups excluding carboxylic acids is 1. The second kappa shape index (κ2) is 7.91. The molecule has 1 aromatic heterocycles. The second-order valence-electron chi connectivity index (χ2n) is 8.87. The molecule has 2 saturated heterocycles. The van der Waals surface area contributed by atoms with E-state index in [1.807, 2.05) is 11.8 Å². The van der Waals surface area contributed by atoms with Crippen LogP contribution in [0.25, 0.3) is 0 Å². The average Bonchev–Trinajstić information content (AvgIpc) is 3.28. The molecule has 5 nitrogen and oxygen atoms in total. The molecular weight excluding hydrogens is 368 g/mol. The van der Waals surface area contributed by atoms with Crippen molar-refractivity contribution < 1.29 is 4.79 Å². The number of carbonyl (C=O) groups is 1. The zero-order valence-corrected chi connectivity index (χ0v) is 18.0. The maximum atomic E-state index is 12.9. The minimum atomic E-state index is 0.116. The second-order valence-corrected chi connectivity index (χ2v) is 9.63. The molecule has 1 spiro atoms. The molecule has 0 aliphatic carbocycles. The van der Waals surface area contributed by atoms with E-state index in [1.54, 1.807) is 0 Å². The summed E-state index contributed by atoms with van der Waals surface area (Å²) in [5.41, 5.74) is 3.79. The van der Waals surface area contributed by atoms with Crippen LogP contribution in [0.4, 0.5) is 0 Å². The highest BCUT2D eigenvalue weighted by Gasteiger charge is 2.43. The molecule has 6 heteroatoms. The number of rotatable bonds is 4. The summed E-state index contributed by atoms with van der Waals surface area (Å²) >= 11 is 1.22. The van der Waals surface area contributed by atoms with Crippen molar-refractivity contribution in [2.75, 3.05) is 26.2 Å². The highest BCUT2D eigenvalue weighted by Crippen LogP contribution is 2.40. The molecule has 0 bridgehead atoms. The third-order valence-corrected chi connectivity index (χ3v) is 7.18. The van der Waals surface area contributed by atoms with Crippen molar-refractivity contribution in [3.8, 4) is 0 Å². The van der Waals surface area contributed by atoms with Gasteiger partial charge < -0.3 is 4.90 Å². The van der Waals surface area contributed by atoms with Crippen LogP contribution in [0.15, 0.2) is 24.3 Å². The first kappa shape index (κ1) is 19.5. The number of piperidine rings is 1. The Hall–Kier alpha value is -1.79. The van der Waals surface area contributed by atoms with Crippen LogP contribution in [0.3, 0.4) is 0 Å². The van der Waals surface area contributed by atoms with Crippen molar-refractivity contribution in [3.05, 3.63) is 46.0 Å². The molecule has 0 radical (unpaired) electrons. The lowest BCUT2D eigenvalue weighted by atomic mass is 9.79. The van der Waals surface area contributed by atoms with Crippen molar-refractivity contribution in [1.82, 2.24) is 19.4 Å². The molecule has 150 valence electrons. The van der Waals surface area contributed by atoms with E-state index in [9.17, 15) is 4.79 Å². The van der Waals surface area contributed by atoms with E-state index in [0.717, 1.165) is 44.8 Å². The molecule has 0 saturated carbocycles. The molecule has 4 rings (SSSR count). The Labute approximate surface area is 171 Å². The normalized spacial score (nSPS) is 23.1. The summed E-state index contributed by atoms with van der Waals surface area (Å²) in [5, 5.41) is 4.00. The predicted octanol–water partition coefficient (Wildman–Crippen LogP) is 4.10. The average molecular weight is 399 g/mol. The molecule has 2 aliphatic rings. The number of likely N-dealkylation sites (tertiary alicyclic amines) is 2. The molecule has 1 atom stereocenters. The molecule has 0 N–H and O–H groups in total. The van der Waals surface area contributed by atoms with Crippen molar-refractivity contribution in [2.24, 2.45) is 5.41 Å². The van der Waals surface area contributed by atoms with Gasteiger partial charge in [0.2, 0.25) is 0 Å². The van der Waals surface area contributed by atoms with Gasteiger partial charge in [-0.15, -0.1) is 5.10 Å². The van der Waals surface area contributed by atoms with Gasteiger partial charge in [-0.05, 0) is 61.3 Å². The van der Waals surface area contributed by atoms with Crippen molar-refractivity contribution in [1.29, 1.82) is 0 Å². The lowest BCUT2D eigenvalue weighted by Crippen LogP contribution is -2.45. The van der Waals surface area contributed by atoms with Crippen LogP contribution >= 0.6 is 11.5 Å². The third-order valence-electron chi connectivity index (χ3n) is 6.36. The Kier molecular flexibility index (Phi) is 5.52. The number of aryl methyl sites for hydroxylation is 1. The van der Waals surface area contributed by atoms with Gasteiger partial charge in [-0.3, -0.25) is 9.69 Å². The molecular formula is C22H30N4OS. The minimum Gasteiger partial charge on any atom is -0.337 e. The van der Waals surface area contributed by atoms with Gasteiger partial charge in [0.15, 0.2) is 0 Å². The van der Waals surface area contributed by atoms with Crippen LogP contribution < -0.4 is 0 Å². The molecule has 0 unspecified atom stereocenters. The SMILES string of the molecule is Cc1nnsc1C(=O)N1CC[C@@]2(CCCN(Cc3ccc(C(C)C)cc3)C2)C1. The summed E-state index contributed by atoms with van der Waals surface area (Å²) in [6.07, 6.45) is 3.54. The van der Waals surface area contributed by atoms with Crippen molar-refractivity contribution in [3.63, 3.8) is 0 Å². The molecule has 2 fully saturated rings. The topological polar surface area (TPSA) is 49.3 Å². The molecule has 28 heavy (non-hydrogen) atoms. The summed E-state index contributed by atoms with van der Waals surface area (Å²) in [6.45, 7) is 11.3. The van der Waals surface area contributed by atoms with Crippen LogP contribution in [0.5, 0.6) is 0 Å². The monoisotopic (exact) mass is 398 g/mol. The maximum absolute atomic E-state index is 12.9. The molecule has 3 heterocycles. The lowest BCUT2D eigenvalue weighted by Gasteiger charge is -2.40. The van der Waals surface area contributed by atoms with Crippen molar-refractivity contribution >= 4 is 17.4 Å². The lowest BCUT2D eigenvalue weighted by molar-refractivity contribution is 0.0678. The van der Waals surface area contributed by atoms with E-state index in [2.05, 4.69) is 52.6 Å². The van der Waals surface area contributed by atoms with E-state index in [4.69, 9.17) is 0 Å². The highest BCUT2D eigenvalue weighted by atomic mass is 32.1. The highest BCUT2D eigenvalue weighted by molar-refractivity contribution is 7.07. The van der Waals surface area contributed by atoms with Gasteiger partial charge >= 0.3 is 0 Å². The van der Waals surface area contributed by atoms with Crippen LogP contribution in [-0.2, 0) is 6.54 Å². The summed E-state index contributed by atoms with van der Waals surface area (Å²) < 4.78 is 3.93. The van der Waals surface area contributed by atoms with Gasteiger partial charge in [0.05, 0.1) is 5.69 Å². The number of nitrogens with zero attached hydrogens (tertiary/aromatic N) is 4. The molecule has 1 aromatic carbocycles. The van der Waals surface area contributed by atoms with Gasteiger partial charge in [-0.1, -0.05) is 42.6 Å². The Balaban J connectivity index is 1.39. The number of amides is 1. The Bertz CT molecular complexity index is 831. The third kappa shape index (κ3) is 3.98. The first-order chi connectivity index (χ1) is 13.5. The standard InChI is InChI=1S/C22H30N4OS/c1-16(2)19-7-5-18(6-8-19)13-25-11-4-9-22(14-25)10-12-26(15-22)21(27)20-17(3)23-24-28-20/h5-8,16H,4,9-15H2,1-3H3/t22-/m1/s1. The fraction of sp³-hybridized carbons (Fsp3) is 0.591. The van der Waals surface area contributed by atoms with E-state index in [-0.39, 0.29) is 11.3 Å². The number of hydrogen-bond donors (Lipinski definition) is 0. The minimum absolute atomic E-state index is 0.116. The Morgan fingerprint density at radius 2 is 1.96 bits per heavy atom. The molecule has 1 amide bonds. The Morgan fingerprint density at radius 1 is 1.18 bits per heavy atom. The first-order valence-electron chi connectivity index (χ1n) is 10.4. The fourth-order valence-electron chi connectivity index (χ4n) is 4.72. The zero-order chi connectivity index (χ0) is 19.7. The smallest absolute Gasteiger partial charge is 0.267 e. The summed E-state index contributed by atoms with van der Waals surface area (Å²) in [7, 11) is 0. The van der Waals surface area contributed by atoms with Gasteiger partial charge in [0, 0.05) is 31.6 Å². The fourth-order valence-corrected chi connectivity index (χ4v) is 5.35. The predicted molar refractivity (Wildman–Crippen MR) is 113 cm³/mol. The maximum Gasteiger partial charge on any atom is 0.267 e. The number of aromatic nitrogens is 2. The summed E-state index contributed by atoms with van der Waals surface area (Å²) in [5.74, 6) is 0.692. The zero-order valence-electron chi connectivity index (χ0n) is 17.1. The van der Waals surface area contributed by atoms with Crippen LogP contribution in [-0.4, -0.2) is 51.5 Å². The van der Waals surface area contributed by atoms with Crippen molar-refractivity contribution in [2.45, 2.75) is 52.5 Å². The molecule has 2 aliphatic heterocycles.